The molecule has 1 heterocycles. The standard InChI is InChI=1S/C29H24FN3O3/c1-2-36-24-16-14-23(15-17-24)33-27(25-8-3-4-9-26(25)29(33)35)31-22-7-5-6-19(18-22)28(34)32-21-12-10-20(30)11-13-21/h3-18,27,31H,2H2,1H3,(H,32,34)/t27-/m0/s1. The number of hydrogen-bond acceptors (Lipinski definition) is 4. The molecule has 2 amide bonds. The topological polar surface area (TPSA) is 70.7 Å². The number of hydrogen-bond donors (Lipinski definition) is 2. The second-order valence-corrected chi connectivity index (χ2v) is 8.28. The van der Waals surface area contributed by atoms with Crippen LogP contribution in [0.2, 0.25) is 0 Å². The summed E-state index contributed by atoms with van der Waals surface area (Å²) in [5, 5.41) is 6.20. The summed E-state index contributed by atoms with van der Waals surface area (Å²) in [5.41, 5.74) is 3.78. The normalized spacial score (nSPS) is 14.3. The molecule has 0 saturated carbocycles. The van der Waals surface area contributed by atoms with Gasteiger partial charge in [0.2, 0.25) is 0 Å². The van der Waals surface area contributed by atoms with Crippen molar-refractivity contribution >= 4 is 28.9 Å². The van der Waals surface area contributed by atoms with Gasteiger partial charge in [0.05, 0.1) is 6.61 Å². The lowest BCUT2D eigenvalue weighted by Gasteiger charge is -2.27. The average Bonchev–Trinajstić information content (AvgIpc) is 3.17. The van der Waals surface area contributed by atoms with Crippen molar-refractivity contribution in [1.29, 1.82) is 0 Å². The quantitative estimate of drug-likeness (QED) is 0.327. The molecule has 4 aromatic rings. The van der Waals surface area contributed by atoms with Crippen molar-refractivity contribution in [2.45, 2.75) is 13.1 Å². The molecular weight excluding hydrogens is 457 g/mol. The first-order valence-corrected chi connectivity index (χ1v) is 11.6. The highest BCUT2D eigenvalue weighted by Crippen LogP contribution is 2.38. The van der Waals surface area contributed by atoms with E-state index in [0.717, 1.165) is 17.0 Å². The van der Waals surface area contributed by atoms with Crippen LogP contribution in [-0.4, -0.2) is 18.4 Å². The molecule has 6 nitrogen and oxygen atoms in total. The van der Waals surface area contributed by atoms with Gasteiger partial charge in [0.25, 0.3) is 11.8 Å². The first-order valence-electron chi connectivity index (χ1n) is 11.6. The van der Waals surface area contributed by atoms with E-state index in [9.17, 15) is 14.0 Å². The Morgan fingerprint density at radius 3 is 2.42 bits per heavy atom. The van der Waals surface area contributed by atoms with Gasteiger partial charge in [0.1, 0.15) is 17.7 Å². The van der Waals surface area contributed by atoms with E-state index in [1.807, 2.05) is 61.5 Å². The zero-order valence-electron chi connectivity index (χ0n) is 19.6. The summed E-state index contributed by atoms with van der Waals surface area (Å²) in [7, 11) is 0. The Kier molecular flexibility index (Phi) is 6.36. The van der Waals surface area contributed by atoms with Crippen molar-refractivity contribution in [3.8, 4) is 5.75 Å². The Balaban J connectivity index is 1.42. The number of ether oxygens (including phenoxy) is 1. The number of rotatable bonds is 7. The fraction of sp³-hybridized carbons (Fsp3) is 0.103. The Bertz CT molecular complexity index is 1400. The molecule has 0 radical (unpaired) electrons. The summed E-state index contributed by atoms with van der Waals surface area (Å²) in [6.07, 6.45) is -0.470. The molecule has 1 aliphatic rings. The minimum absolute atomic E-state index is 0.113. The molecular formula is C29H24FN3O3. The summed E-state index contributed by atoms with van der Waals surface area (Å²) >= 11 is 0. The molecule has 4 aromatic carbocycles. The molecule has 1 atom stereocenters. The van der Waals surface area contributed by atoms with Gasteiger partial charge in [0.15, 0.2) is 0 Å². The molecule has 0 aromatic heterocycles. The predicted octanol–water partition coefficient (Wildman–Crippen LogP) is 6.25. The van der Waals surface area contributed by atoms with Crippen LogP contribution >= 0.6 is 0 Å². The van der Waals surface area contributed by atoms with E-state index in [0.29, 0.717) is 29.1 Å². The molecule has 0 spiro atoms. The van der Waals surface area contributed by atoms with Crippen LogP contribution in [0, 0.1) is 5.82 Å². The monoisotopic (exact) mass is 481 g/mol. The van der Waals surface area contributed by atoms with Crippen molar-refractivity contribution in [3.63, 3.8) is 0 Å². The van der Waals surface area contributed by atoms with Gasteiger partial charge in [-0.3, -0.25) is 14.5 Å². The van der Waals surface area contributed by atoms with Crippen LogP contribution in [0.4, 0.5) is 21.5 Å². The van der Waals surface area contributed by atoms with Crippen molar-refractivity contribution < 1.29 is 18.7 Å². The van der Waals surface area contributed by atoms with E-state index in [1.54, 1.807) is 23.1 Å². The Labute approximate surface area is 208 Å². The number of nitrogens with zero attached hydrogens (tertiary/aromatic N) is 1. The van der Waals surface area contributed by atoms with Gasteiger partial charge in [-0.2, -0.15) is 0 Å². The zero-order chi connectivity index (χ0) is 25.1. The number of carbonyl (C=O) groups excluding carboxylic acids is 2. The third kappa shape index (κ3) is 4.63. The summed E-state index contributed by atoms with van der Waals surface area (Å²) in [5.74, 6) is -0.0774. The molecule has 0 bridgehead atoms. The highest BCUT2D eigenvalue weighted by molar-refractivity contribution is 6.11. The third-order valence-corrected chi connectivity index (χ3v) is 5.92. The summed E-state index contributed by atoms with van der Waals surface area (Å²) in [4.78, 5) is 27.9. The molecule has 2 N–H and O–H groups in total. The van der Waals surface area contributed by atoms with E-state index in [-0.39, 0.29) is 17.6 Å². The lowest BCUT2D eigenvalue weighted by Crippen LogP contribution is -2.32. The fourth-order valence-corrected chi connectivity index (χ4v) is 4.24. The number of fused-ring (bicyclic) bond motifs is 1. The Morgan fingerprint density at radius 1 is 0.917 bits per heavy atom. The number of benzene rings is 4. The highest BCUT2D eigenvalue weighted by Gasteiger charge is 2.37. The Hall–Kier alpha value is -4.65. The molecule has 5 rings (SSSR count). The van der Waals surface area contributed by atoms with Gasteiger partial charge in [-0.25, -0.2) is 4.39 Å². The summed E-state index contributed by atoms with van der Waals surface area (Å²) < 4.78 is 18.7. The highest BCUT2D eigenvalue weighted by atomic mass is 19.1. The smallest absolute Gasteiger partial charge is 0.260 e. The predicted molar refractivity (Wildman–Crippen MR) is 138 cm³/mol. The van der Waals surface area contributed by atoms with Gasteiger partial charge in [-0.05, 0) is 79.7 Å². The van der Waals surface area contributed by atoms with E-state index < -0.39 is 6.17 Å². The van der Waals surface area contributed by atoms with Crippen LogP contribution in [-0.2, 0) is 0 Å². The summed E-state index contributed by atoms with van der Waals surface area (Å²) in [6.45, 7) is 2.48. The van der Waals surface area contributed by atoms with Crippen LogP contribution < -0.4 is 20.3 Å². The lowest BCUT2D eigenvalue weighted by atomic mass is 10.1. The number of nitrogens with one attached hydrogen (secondary N) is 2. The van der Waals surface area contributed by atoms with Crippen LogP contribution in [0.1, 0.15) is 39.4 Å². The molecule has 7 heteroatoms. The number of amides is 2. The van der Waals surface area contributed by atoms with Crippen molar-refractivity contribution in [2.24, 2.45) is 0 Å². The fourth-order valence-electron chi connectivity index (χ4n) is 4.24. The minimum atomic E-state index is -0.470. The van der Waals surface area contributed by atoms with Crippen LogP contribution in [0.3, 0.4) is 0 Å². The van der Waals surface area contributed by atoms with Crippen LogP contribution in [0.15, 0.2) is 97.1 Å². The first-order chi connectivity index (χ1) is 17.5. The van der Waals surface area contributed by atoms with Gasteiger partial charge in [-0.1, -0.05) is 24.3 Å². The lowest BCUT2D eigenvalue weighted by molar-refractivity contribution is 0.0990. The number of carbonyl (C=O) groups is 2. The maximum Gasteiger partial charge on any atom is 0.260 e. The maximum absolute atomic E-state index is 13.4. The van der Waals surface area contributed by atoms with Gasteiger partial charge >= 0.3 is 0 Å². The van der Waals surface area contributed by atoms with Crippen molar-refractivity contribution in [1.82, 2.24) is 0 Å². The summed E-state index contributed by atoms with van der Waals surface area (Å²) in [6, 6.07) is 27.5. The molecule has 180 valence electrons. The maximum atomic E-state index is 13.4. The third-order valence-electron chi connectivity index (χ3n) is 5.92. The largest absolute Gasteiger partial charge is 0.494 e. The van der Waals surface area contributed by atoms with Crippen molar-refractivity contribution in [3.05, 3.63) is 120 Å². The molecule has 0 aliphatic carbocycles. The van der Waals surface area contributed by atoms with Crippen molar-refractivity contribution in [2.75, 3.05) is 22.1 Å². The average molecular weight is 482 g/mol. The zero-order valence-corrected chi connectivity index (χ0v) is 19.6. The second kappa shape index (κ2) is 9.92. The molecule has 36 heavy (non-hydrogen) atoms. The van der Waals surface area contributed by atoms with Crippen LogP contribution in [0.25, 0.3) is 0 Å². The molecule has 1 aliphatic heterocycles. The van der Waals surface area contributed by atoms with Crippen LogP contribution in [0.5, 0.6) is 5.75 Å². The number of anilines is 3. The SMILES string of the molecule is CCOc1ccc(N2C(=O)c3ccccc3[C@H]2Nc2cccc(C(=O)Nc3ccc(F)cc3)c2)cc1. The van der Waals surface area contributed by atoms with E-state index >= 15 is 0 Å². The van der Waals surface area contributed by atoms with Gasteiger partial charge < -0.3 is 15.4 Å². The minimum Gasteiger partial charge on any atom is -0.494 e. The molecule has 0 saturated heterocycles. The van der Waals surface area contributed by atoms with E-state index in [2.05, 4.69) is 10.6 Å². The first kappa shape index (κ1) is 23.1. The van der Waals surface area contributed by atoms with E-state index in [4.69, 9.17) is 4.74 Å². The van der Waals surface area contributed by atoms with Gasteiger partial charge in [-0.15, -0.1) is 0 Å². The molecule has 0 unspecified atom stereocenters. The van der Waals surface area contributed by atoms with E-state index in [1.165, 1.54) is 24.3 Å². The Morgan fingerprint density at radius 2 is 1.67 bits per heavy atom. The molecule has 0 fully saturated rings. The number of halogens is 1. The second-order valence-electron chi connectivity index (χ2n) is 8.28. The van der Waals surface area contributed by atoms with Gasteiger partial charge in [0, 0.05) is 33.8 Å².